The first-order valence-electron chi connectivity index (χ1n) is 7.49. The predicted molar refractivity (Wildman–Crippen MR) is 96.3 cm³/mol. The zero-order valence-electron chi connectivity index (χ0n) is 12.3. The second-order valence-corrected chi connectivity index (χ2v) is 8.52. The molecule has 2 aromatic rings. The molecule has 2 aromatic carbocycles. The monoisotopic (exact) mass is 344 g/mol. The third-order valence-corrected chi connectivity index (χ3v) is 6.47. The Kier molecular flexibility index (Phi) is 3.39. The lowest BCUT2D eigenvalue weighted by Crippen LogP contribution is -2.36. The smallest absolute Gasteiger partial charge is 0.174 e. The van der Waals surface area contributed by atoms with E-state index in [0.29, 0.717) is 5.11 Å². The minimum absolute atomic E-state index is 0.0960. The van der Waals surface area contributed by atoms with Crippen molar-refractivity contribution in [1.82, 2.24) is 5.32 Å². The zero-order valence-corrected chi connectivity index (χ0v) is 14.0. The third kappa shape index (κ3) is 2.62. The number of nitrogens with one attached hydrogen (secondary N) is 1. The van der Waals surface area contributed by atoms with Crippen molar-refractivity contribution >= 4 is 32.9 Å². The SMILES string of the molecule is O=S1(=O)C[C@H]2NC(=S)N(c3ccc(-c4ccccc4)cc3)[C@H]2C1. The highest BCUT2D eigenvalue weighted by atomic mass is 32.2. The summed E-state index contributed by atoms with van der Waals surface area (Å²) in [6, 6.07) is 18.0. The highest BCUT2D eigenvalue weighted by molar-refractivity contribution is 7.91. The standard InChI is InChI=1S/C17H16N2O2S2/c20-23(21)10-15-16(11-23)19(17(22)18-15)14-8-6-13(7-9-14)12-4-2-1-3-5-12/h1-9,15-16H,10-11H2,(H,18,22)/t15-,16+/m1/s1. The van der Waals surface area contributed by atoms with E-state index in [0.717, 1.165) is 16.8 Å². The number of thiocarbonyl (C=S) groups is 1. The van der Waals surface area contributed by atoms with E-state index in [1.54, 1.807) is 0 Å². The third-order valence-electron chi connectivity index (χ3n) is 4.43. The van der Waals surface area contributed by atoms with Crippen LogP contribution in [0.15, 0.2) is 54.6 Å². The first-order valence-corrected chi connectivity index (χ1v) is 9.72. The van der Waals surface area contributed by atoms with Crippen LogP contribution >= 0.6 is 12.2 Å². The van der Waals surface area contributed by atoms with Gasteiger partial charge in [-0.2, -0.15) is 0 Å². The molecule has 0 bridgehead atoms. The second kappa shape index (κ2) is 5.32. The molecule has 0 aromatic heterocycles. The van der Waals surface area contributed by atoms with Crippen LogP contribution in [0.2, 0.25) is 0 Å². The van der Waals surface area contributed by atoms with Crippen LogP contribution < -0.4 is 10.2 Å². The van der Waals surface area contributed by atoms with Crippen LogP contribution in [-0.4, -0.2) is 37.1 Å². The van der Waals surface area contributed by atoms with Crippen molar-refractivity contribution in [1.29, 1.82) is 0 Å². The van der Waals surface area contributed by atoms with E-state index in [1.165, 1.54) is 0 Å². The molecule has 2 fully saturated rings. The Balaban J connectivity index is 1.64. The summed E-state index contributed by atoms with van der Waals surface area (Å²) >= 11 is 5.40. The van der Waals surface area contributed by atoms with Gasteiger partial charge in [0.15, 0.2) is 14.9 Å². The van der Waals surface area contributed by atoms with Crippen molar-refractivity contribution in [3.63, 3.8) is 0 Å². The van der Waals surface area contributed by atoms with Crippen LogP contribution in [0, 0.1) is 0 Å². The number of fused-ring (bicyclic) bond motifs is 1. The molecule has 4 rings (SSSR count). The summed E-state index contributed by atoms with van der Waals surface area (Å²) in [6.07, 6.45) is 0. The number of hydrogen-bond acceptors (Lipinski definition) is 3. The van der Waals surface area contributed by atoms with Crippen molar-refractivity contribution in [3.05, 3.63) is 54.6 Å². The average molecular weight is 344 g/mol. The van der Waals surface area contributed by atoms with Gasteiger partial charge in [-0.1, -0.05) is 42.5 Å². The second-order valence-electron chi connectivity index (χ2n) is 5.98. The van der Waals surface area contributed by atoms with E-state index < -0.39 is 9.84 Å². The first kappa shape index (κ1) is 14.7. The summed E-state index contributed by atoms with van der Waals surface area (Å²) in [4.78, 5) is 1.94. The lowest BCUT2D eigenvalue weighted by molar-refractivity contribution is 0.600. The zero-order chi connectivity index (χ0) is 16.0. The molecule has 2 saturated heterocycles. The van der Waals surface area contributed by atoms with Gasteiger partial charge in [0.2, 0.25) is 0 Å². The largest absolute Gasteiger partial charge is 0.356 e. The molecular formula is C17H16N2O2S2. The number of hydrogen-bond donors (Lipinski definition) is 1. The van der Waals surface area contributed by atoms with E-state index in [4.69, 9.17) is 12.2 Å². The van der Waals surface area contributed by atoms with E-state index >= 15 is 0 Å². The van der Waals surface area contributed by atoms with Crippen LogP contribution in [-0.2, 0) is 9.84 Å². The maximum absolute atomic E-state index is 11.9. The normalized spacial score (nSPS) is 25.2. The fraction of sp³-hybridized carbons (Fsp3) is 0.235. The maximum Gasteiger partial charge on any atom is 0.174 e. The van der Waals surface area contributed by atoms with Gasteiger partial charge in [0.1, 0.15) is 0 Å². The van der Waals surface area contributed by atoms with Gasteiger partial charge in [0, 0.05) is 5.69 Å². The molecule has 2 aliphatic heterocycles. The Morgan fingerprint density at radius 2 is 1.61 bits per heavy atom. The van der Waals surface area contributed by atoms with Crippen molar-refractivity contribution in [2.24, 2.45) is 0 Å². The molecule has 1 N–H and O–H groups in total. The fourth-order valence-electron chi connectivity index (χ4n) is 3.35. The van der Waals surface area contributed by atoms with E-state index in [-0.39, 0.29) is 23.6 Å². The van der Waals surface area contributed by atoms with Crippen LogP contribution in [0.25, 0.3) is 11.1 Å². The summed E-state index contributed by atoms with van der Waals surface area (Å²) in [6.45, 7) is 0. The average Bonchev–Trinajstić information content (AvgIpc) is 2.98. The lowest BCUT2D eigenvalue weighted by atomic mass is 10.0. The molecule has 4 nitrogen and oxygen atoms in total. The van der Waals surface area contributed by atoms with Crippen LogP contribution in [0.3, 0.4) is 0 Å². The molecule has 0 spiro atoms. The fourth-order valence-corrected chi connectivity index (χ4v) is 5.64. The van der Waals surface area contributed by atoms with Crippen LogP contribution in [0.1, 0.15) is 0 Å². The molecule has 2 aliphatic rings. The van der Waals surface area contributed by atoms with Gasteiger partial charge in [-0.3, -0.25) is 0 Å². The van der Waals surface area contributed by atoms with Gasteiger partial charge in [-0.15, -0.1) is 0 Å². The van der Waals surface area contributed by atoms with Gasteiger partial charge in [0.05, 0.1) is 23.6 Å². The first-order chi connectivity index (χ1) is 11.0. The Morgan fingerprint density at radius 3 is 2.30 bits per heavy atom. The summed E-state index contributed by atoms with van der Waals surface area (Å²) in [5, 5.41) is 3.76. The van der Waals surface area contributed by atoms with Crippen molar-refractivity contribution < 1.29 is 8.42 Å². The highest BCUT2D eigenvalue weighted by Gasteiger charge is 2.47. The van der Waals surface area contributed by atoms with Gasteiger partial charge < -0.3 is 10.2 Å². The molecule has 23 heavy (non-hydrogen) atoms. The van der Waals surface area contributed by atoms with Gasteiger partial charge in [-0.25, -0.2) is 8.42 Å². The Bertz CT molecular complexity index is 848. The Labute approximate surface area is 141 Å². The number of rotatable bonds is 2. The van der Waals surface area contributed by atoms with Gasteiger partial charge >= 0.3 is 0 Å². The number of nitrogens with zero attached hydrogens (tertiary/aromatic N) is 1. The summed E-state index contributed by atoms with van der Waals surface area (Å²) in [5.74, 6) is 0.321. The quantitative estimate of drug-likeness (QED) is 0.847. The Morgan fingerprint density at radius 1 is 0.957 bits per heavy atom. The topological polar surface area (TPSA) is 49.4 Å². The molecular weight excluding hydrogens is 328 g/mol. The summed E-state index contributed by atoms with van der Waals surface area (Å²) in [5.41, 5.74) is 3.22. The highest BCUT2D eigenvalue weighted by Crippen LogP contribution is 2.31. The minimum atomic E-state index is -2.98. The van der Waals surface area contributed by atoms with Gasteiger partial charge in [0.25, 0.3) is 0 Å². The van der Waals surface area contributed by atoms with E-state index in [1.807, 2.05) is 47.4 Å². The molecule has 0 unspecified atom stereocenters. The Hall–Kier alpha value is -1.92. The van der Waals surface area contributed by atoms with Crippen molar-refractivity contribution in [2.45, 2.75) is 12.1 Å². The van der Waals surface area contributed by atoms with Gasteiger partial charge in [-0.05, 0) is 35.5 Å². The van der Waals surface area contributed by atoms with Crippen molar-refractivity contribution in [3.8, 4) is 11.1 Å². The molecule has 0 saturated carbocycles. The number of anilines is 1. The molecule has 0 aliphatic carbocycles. The summed E-state index contributed by atoms with van der Waals surface area (Å²) < 4.78 is 23.7. The summed E-state index contributed by atoms with van der Waals surface area (Å²) in [7, 11) is -2.98. The lowest BCUT2D eigenvalue weighted by Gasteiger charge is -2.23. The number of sulfone groups is 1. The maximum atomic E-state index is 11.9. The predicted octanol–water partition coefficient (Wildman–Crippen LogP) is 2.21. The minimum Gasteiger partial charge on any atom is -0.356 e. The molecule has 2 heterocycles. The molecule has 2 atom stereocenters. The van der Waals surface area contributed by atoms with E-state index in [9.17, 15) is 8.42 Å². The molecule has 0 radical (unpaired) electrons. The number of benzene rings is 2. The van der Waals surface area contributed by atoms with Crippen LogP contribution in [0.5, 0.6) is 0 Å². The van der Waals surface area contributed by atoms with Crippen LogP contribution in [0.4, 0.5) is 5.69 Å². The molecule has 6 heteroatoms. The van der Waals surface area contributed by atoms with Crippen molar-refractivity contribution in [2.75, 3.05) is 16.4 Å². The molecule has 0 amide bonds. The van der Waals surface area contributed by atoms with E-state index in [2.05, 4.69) is 17.4 Å². The molecule has 118 valence electrons.